The standard InChI is InChI=1S/C32H38ClF2N9O2/c1-5-26(46)43-15-20(3)44(16-19(43)2)31-22-14-23(33)27(28-24(34)10-9-11-25(28)45)29(35)30(22)38-32(39-31)42-17-21(18-42)41(4)13-8-6-7-12-37-40-36/h5,9-11,14,19-21,45H,1,6-8,12-13,15-18H2,2-4H3/t19-,20+/m1/s1. The molecule has 0 radical (unpaired) electrons. The van der Waals surface area contributed by atoms with Crippen LogP contribution in [0.1, 0.15) is 33.1 Å². The van der Waals surface area contributed by atoms with Crippen molar-refractivity contribution < 1.29 is 18.7 Å². The van der Waals surface area contributed by atoms with E-state index in [-0.39, 0.29) is 45.7 Å². The highest BCUT2D eigenvalue weighted by molar-refractivity contribution is 6.34. The SMILES string of the molecule is C=CC(=O)N1C[C@H](C)N(c2nc(N3CC(N(C)CCCCCN=[N+]=[N-])C3)nc3c(F)c(-c4c(O)cccc4F)c(Cl)cc23)C[C@H]1C. The van der Waals surface area contributed by atoms with E-state index in [1.165, 1.54) is 24.3 Å². The predicted octanol–water partition coefficient (Wildman–Crippen LogP) is 6.15. The molecule has 5 rings (SSSR count). The van der Waals surface area contributed by atoms with Crippen molar-refractivity contribution in [2.75, 3.05) is 56.1 Å². The lowest BCUT2D eigenvalue weighted by Gasteiger charge is -2.46. The van der Waals surface area contributed by atoms with Gasteiger partial charge >= 0.3 is 0 Å². The largest absolute Gasteiger partial charge is 0.507 e. The number of fused-ring (bicyclic) bond motifs is 1. The van der Waals surface area contributed by atoms with E-state index >= 15 is 4.39 Å². The van der Waals surface area contributed by atoms with Crippen LogP contribution in [0, 0.1) is 11.6 Å². The zero-order chi connectivity index (χ0) is 33.1. The van der Waals surface area contributed by atoms with Crippen LogP contribution in [-0.2, 0) is 4.79 Å². The molecule has 0 saturated carbocycles. The molecule has 2 atom stereocenters. The Hall–Kier alpha value is -4.19. The first kappa shape index (κ1) is 33.2. The molecular formula is C32H38ClF2N9O2. The van der Waals surface area contributed by atoms with Gasteiger partial charge in [0.1, 0.15) is 22.9 Å². The molecule has 3 heterocycles. The highest BCUT2D eigenvalue weighted by atomic mass is 35.5. The minimum Gasteiger partial charge on any atom is -0.507 e. The van der Waals surface area contributed by atoms with Crippen molar-refractivity contribution in [3.63, 3.8) is 0 Å². The number of phenolic OH excluding ortho intramolecular Hbond substituents is 1. The minimum absolute atomic E-state index is 0.0386. The summed E-state index contributed by atoms with van der Waals surface area (Å²) < 4.78 is 31.5. The number of nitrogens with zero attached hydrogens (tertiary/aromatic N) is 9. The average Bonchev–Trinajstić information content (AvgIpc) is 3.00. The van der Waals surface area contributed by atoms with Crippen molar-refractivity contribution in [2.45, 2.75) is 51.2 Å². The number of benzene rings is 2. The highest BCUT2D eigenvalue weighted by Gasteiger charge is 2.36. The van der Waals surface area contributed by atoms with Crippen LogP contribution in [0.15, 0.2) is 42.0 Å². The number of aromatic nitrogens is 2. The summed E-state index contributed by atoms with van der Waals surface area (Å²) in [4.78, 5) is 32.9. The summed E-state index contributed by atoms with van der Waals surface area (Å²) in [5, 5.41) is 14.3. The van der Waals surface area contributed by atoms with Crippen LogP contribution < -0.4 is 9.80 Å². The Labute approximate surface area is 271 Å². The van der Waals surface area contributed by atoms with Gasteiger partial charge in [0, 0.05) is 66.7 Å². The second-order valence-corrected chi connectivity index (χ2v) is 12.4. The molecule has 3 aromatic rings. The van der Waals surface area contributed by atoms with E-state index < -0.39 is 17.4 Å². The molecule has 0 unspecified atom stereocenters. The van der Waals surface area contributed by atoms with Gasteiger partial charge in [0.15, 0.2) is 5.82 Å². The van der Waals surface area contributed by atoms with E-state index in [0.717, 1.165) is 31.9 Å². The second-order valence-electron chi connectivity index (χ2n) is 12.0. The summed E-state index contributed by atoms with van der Waals surface area (Å²) in [5.74, 6) is -1.48. The molecule has 2 fully saturated rings. The van der Waals surface area contributed by atoms with Gasteiger partial charge in [0.05, 0.1) is 10.6 Å². The first-order chi connectivity index (χ1) is 22.0. The number of hydrogen-bond donors (Lipinski definition) is 1. The molecule has 244 valence electrons. The topological polar surface area (TPSA) is 125 Å². The van der Waals surface area contributed by atoms with E-state index in [1.807, 2.05) is 23.6 Å². The van der Waals surface area contributed by atoms with E-state index in [0.29, 0.717) is 49.9 Å². The van der Waals surface area contributed by atoms with Gasteiger partial charge in [-0.1, -0.05) is 35.8 Å². The van der Waals surface area contributed by atoms with Gasteiger partial charge in [0.25, 0.3) is 0 Å². The Morgan fingerprint density at radius 3 is 2.63 bits per heavy atom. The molecule has 2 saturated heterocycles. The first-order valence-corrected chi connectivity index (χ1v) is 15.8. The van der Waals surface area contributed by atoms with Crippen LogP contribution in [0.2, 0.25) is 5.02 Å². The lowest BCUT2D eigenvalue weighted by atomic mass is 10.00. The molecule has 1 N–H and O–H groups in total. The second kappa shape index (κ2) is 14.1. The third-order valence-electron chi connectivity index (χ3n) is 8.91. The Morgan fingerprint density at radius 1 is 1.17 bits per heavy atom. The number of halogens is 3. The number of phenols is 1. The summed E-state index contributed by atoms with van der Waals surface area (Å²) >= 11 is 6.63. The number of rotatable bonds is 11. The fourth-order valence-electron chi connectivity index (χ4n) is 6.21. The maximum absolute atomic E-state index is 16.5. The number of piperazine rings is 1. The van der Waals surface area contributed by atoms with Crippen LogP contribution in [0.25, 0.3) is 32.5 Å². The number of carbonyl (C=O) groups excluding carboxylic acids is 1. The molecule has 11 nitrogen and oxygen atoms in total. The molecule has 2 aliphatic rings. The summed E-state index contributed by atoms with van der Waals surface area (Å²) in [6, 6.07) is 5.15. The van der Waals surface area contributed by atoms with Gasteiger partial charge in [-0.3, -0.25) is 9.69 Å². The molecule has 1 amide bonds. The quantitative estimate of drug-likeness (QED) is 0.0866. The molecule has 0 aliphatic carbocycles. The highest BCUT2D eigenvalue weighted by Crippen LogP contribution is 2.43. The third-order valence-corrected chi connectivity index (χ3v) is 9.21. The summed E-state index contributed by atoms with van der Waals surface area (Å²) in [6.45, 7) is 11.0. The lowest BCUT2D eigenvalue weighted by molar-refractivity contribution is -0.128. The first-order valence-electron chi connectivity index (χ1n) is 15.4. The van der Waals surface area contributed by atoms with E-state index in [2.05, 4.69) is 33.5 Å². The Kier molecular flexibility index (Phi) is 10.1. The maximum Gasteiger partial charge on any atom is 0.246 e. The number of amides is 1. The minimum atomic E-state index is -0.858. The van der Waals surface area contributed by atoms with Crippen LogP contribution in [-0.4, -0.2) is 95.2 Å². The van der Waals surface area contributed by atoms with E-state index in [9.17, 15) is 14.3 Å². The van der Waals surface area contributed by atoms with Gasteiger partial charge < -0.3 is 19.8 Å². The van der Waals surface area contributed by atoms with Gasteiger partial charge in [-0.05, 0) is 70.1 Å². The third kappa shape index (κ3) is 6.53. The molecule has 46 heavy (non-hydrogen) atoms. The zero-order valence-electron chi connectivity index (χ0n) is 26.2. The van der Waals surface area contributed by atoms with Crippen molar-refractivity contribution in [2.24, 2.45) is 5.11 Å². The Bertz CT molecular complexity index is 1660. The average molecular weight is 654 g/mol. The number of unbranched alkanes of at least 4 members (excludes halogenated alkanes) is 2. The van der Waals surface area contributed by atoms with Gasteiger partial charge in [0.2, 0.25) is 11.9 Å². The molecule has 2 aliphatic heterocycles. The van der Waals surface area contributed by atoms with Crippen LogP contribution in [0.5, 0.6) is 5.75 Å². The maximum atomic E-state index is 16.5. The summed E-state index contributed by atoms with van der Waals surface area (Å²) in [6.07, 6.45) is 4.07. The van der Waals surface area contributed by atoms with Gasteiger partial charge in [-0.2, -0.15) is 4.98 Å². The van der Waals surface area contributed by atoms with Crippen molar-refractivity contribution in [1.29, 1.82) is 0 Å². The number of likely N-dealkylation sites (N-methyl/N-ethyl adjacent to an activating group) is 1. The molecule has 14 heteroatoms. The fourth-order valence-corrected chi connectivity index (χ4v) is 6.50. The number of anilines is 2. The monoisotopic (exact) mass is 653 g/mol. The number of azide groups is 1. The van der Waals surface area contributed by atoms with Gasteiger partial charge in [-0.25, -0.2) is 13.8 Å². The summed E-state index contributed by atoms with van der Waals surface area (Å²) in [5.41, 5.74) is 7.79. The molecule has 0 spiro atoms. The fraction of sp³-hybridized carbons (Fsp3) is 0.469. The number of hydrogen-bond acceptors (Lipinski definition) is 8. The van der Waals surface area contributed by atoms with Crippen molar-refractivity contribution in [1.82, 2.24) is 19.8 Å². The lowest BCUT2D eigenvalue weighted by Crippen LogP contribution is -2.59. The zero-order valence-corrected chi connectivity index (χ0v) is 27.0. The predicted molar refractivity (Wildman–Crippen MR) is 176 cm³/mol. The Morgan fingerprint density at radius 2 is 1.93 bits per heavy atom. The van der Waals surface area contributed by atoms with Crippen LogP contribution in [0.3, 0.4) is 0 Å². The van der Waals surface area contributed by atoms with Crippen molar-refractivity contribution >= 4 is 40.2 Å². The van der Waals surface area contributed by atoms with E-state index in [4.69, 9.17) is 22.1 Å². The smallest absolute Gasteiger partial charge is 0.246 e. The summed E-state index contributed by atoms with van der Waals surface area (Å²) in [7, 11) is 2.06. The normalized spacial score (nSPS) is 18.5. The number of carbonyl (C=O) groups is 1. The van der Waals surface area contributed by atoms with Gasteiger partial charge in [-0.15, -0.1) is 0 Å². The van der Waals surface area contributed by atoms with E-state index in [1.54, 1.807) is 4.90 Å². The van der Waals surface area contributed by atoms with Crippen LogP contribution >= 0.6 is 11.6 Å². The van der Waals surface area contributed by atoms with Crippen LogP contribution in [0.4, 0.5) is 20.5 Å². The Balaban J connectivity index is 1.50. The molecular weight excluding hydrogens is 616 g/mol. The van der Waals surface area contributed by atoms with Crippen molar-refractivity contribution in [3.8, 4) is 16.9 Å². The molecule has 0 bridgehead atoms. The van der Waals surface area contributed by atoms with Crippen molar-refractivity contribution in [3.05, 3.63) is 64.0 Å². The molecule has 2 aromatic carbocycles. The number of aromatic hydroxyl groups is 1. The molecule has 1 aromatic heterocycles.